The number of nitrogens with one attached hydrogen (secondary N) is 2. The number of methoxy groups -OCH3 is 2. The first-order valence-corrected chi connectivity index (χ1v) is 12.9. The third-order valence-corrected chi connectivity index (χ3v) is 7.09. The number of thioether (sulfide) groups is 1. The maximum absolute atomic E-state index is 13.0. The summed E-state index contributed by atoms with van der Waals surface area (Å²) in [7, 11) is 2.98. The molecule has 0 radical (unpaired) electrons. The monoisotopic (exact) mass is 532 g/mol. The average molecular weight is 533 g/mol. The number of hydrogen-bond donors (Lipinski definition) is 2. The van der Waals surface area contributed by atoms with E-state index in [1.807, 2.05) is 31.2 Å². The van der Waals surface area contributed by atoms with E-state index in [4.69, 9.17) is 9.47 Å². The molecule has 9 nitrogen and oxygen atoms in total. The summed E-state index contributed by atoms with van der Waals surface area (Å²) >= 11 is 1.36. The van der Waals surface area contributed by atoms with E-state index in [1.54, 1.807) is 48.5 Å². The summed E-state index contributed by atoms with van der Waals surface area (Å²) < 4.78 is 10.7. The number of hydrogen-bond acceptors (Lipinski definition) is 7. The molecule has 1 unspecified atom stereocenters. The van der Waals surface area contributed by atoms with Gasteiger partial charge in [-0.15, -0.1) is 11.8 Å². The lowest BCUT2D eigenvalue weighted by Gasteiger charge is -2.16. The van der Waals surface area contributed by atoms with Crippen molar-refractivity contribution in [3.05, 3.63) is 78.4 Å². The molecule has 10 heteroatoms. The van der Waals surface area contributed by atoms with Crippen molar-refractivity contribution < 1.29 is 23.9 Å². The Kier molecular flexibility index (Phi) is 8.65. The van der Waals surface area contributed by atoms with Gasteiger partial charge in [-0.3, -0.25) is 14.4 Å². The number of ether oxygens (including phenoxy) is 2. The number of nitrogens with zero attached hydrogens (tertiary/aromatic N) is 2. The van der Waals surface area contributed by atoms with Gasteiger partial charge in [0.1, 0.15) is 22.9 Å². The van der Waals surface area contributed by atoms with Gasteiger partial charge < -0.3 is 20.1 Å². The molecule has 0 saturated heterocycles. The lowest BCUT2D eigenvalue weighted by Crippen LogP contribution is -2.36. The van der Waals surface area contributed by atoms with Crippen LogP contribution in [0.1, 0.15) is 30.1 Å². The van der Waals surface area contributed by atoms with Crippen LogP contribution in [0.4, 0.5) is 11.4 Å². The first-order valence-electron chi connectivity index (χ1n) is 12.0. The number of carbonyl (C=O) groups is 3. The largest absolute Gasteiger partial charge is 0.496 e. The zero-order chi connectivity index (χ0) is 27.1. The minimum absolute atomic E-state index is 0.0235. The predicted molar refractivity (Wildman–Crippen MR) is 148 cm³/mol. The molecule has 0 aromatic heterocycles. The number of carbonyl (C=O) groups excluding carboxylic acids is 3. The van der Waals surface area contributed by atoms with Crippen LogP contribution in [-0.2, 0) is 9.59 Å². The van der Waals surface area contributed by atoms with E-state index in [9.17, 15) is 14.4 Å². The lowest BCUT2D eigenvalue weighted by molar-refractivity contribution is -0.119. The Bertz CT molecular complexity index is 1340. The van der Waals surface area contributed by atoms with E-state index in [0.29, 0.717) is 35.1 Å². The Balaban J connectivity index is 1.43. The van der Waals surface area contributed by atoms with E-state index in [0.717, 1.165) is 4.90 Å². The third-order valence-electron chi connectivity index (χ3n) is 5.73. The minimum atomic E-state index is -0.432. The molecular formula is C28H28N4O5S. The maximum Gasteiger partial charge on any atom is 0.263 e. The van der Waals surface area contributed by atoms with Gasteiger partial charge in [-0.05, 0) is 48.9 Å². The summed E-state index contributed by atoms with van der Waals surface area (Å²) in [6.45, 7) is 1.91. The molecule has 1 aliphatic heterocycles. The van der Waals surface area contributed by atoms with Crippen LogP contribution in [-0.4, -0.2) is 43.0 Å². The number of amides is 3. The molecule has 0 bridgehead atoms. The van der Waals surface area contributed by atoms with Crippen molar-refractivity contribution >= 4 is 46.7 Å². The molecule has 3 amide bonds. The molecule has 2 N–H and O–H groups in total. The molecule has 0 saturated carbocycles. The van der Waals surface area contributed by atoms with Crippen LogP contribution in [0.15, 0.2) is 82.8 Å². The van der Waals surface area contributed by atoms with Crippen molar-refractivity contribution in [1.82, 2.24) is 5.32 Å². The highest BCUT2D eigenvalue weighted by Gasteiger charge is 2.28. The molecule has 0 aliphatic carbocycles. The van der Waals surface area contributed by atoms with Crippen molar-refractivity contribution in [3.8, 4) is 11.5 Å². The molecule has 3 aromatic rings. The highest BCUT2D eigenvalue weighted by molar-refractivity contribution is 8.00. The Labute approximate surface area is 225 Å². The van der Waals surface area contributed by atoms with E-state index in [-0.39, 0.29) is 29.7 Å². The highest BCUT2D eigenvalue weighted by atomic mass is 32.2. The van der Waals surface area contributed by atoms with Gasteiger partial charge in [0.25, 0.3) is 11.8 Å². The summed E-state index contributed by atoms with van der Waals surface area (Å²) in [4.78, 5) is 39.3. The second-order valence-electron chi connectivity index (χ2n) is 8.29. The van der Waals surface area contributed by atoms with E-state index >= 15 is 0 Å². The van der Waals surface area contributed by atoms with Gasteiger partial charge in [-0.25, -0.2) is 0 Å². The van der Waals surface area contributed by atoms with Crippen LogP contribution < -0.4 is 25.1 Å². The predicted octanol–water partition coefficient (Wildman–Crippen LogP) is 4.69. The molecule has 4 rings (SSSR count). The molecule has 0 spiro atoms. The zero-order valence-electron chi connectivity index (χ0n) is 21.3. The molecule has 38 heavy (non-hydrogen) atoms. The second kappa shape index (κ2) is 12.3. The molecular weight excluding hydrogens is 504 g/mol. The number of amidine groups is 1. The van der Waals surface area contributed by atoms with Crippen molar-refractivity contribution in [2.75, 3.05) is 24.5 Å². The van der Waals surface area contributed by atoms with Crippen LogP contribution in [0, 0.1) is 0 Å². The summed E-state index contributed by atoms with van der Waals surface area (Å²) in [5.41, 5.74) is 1.50. The van der Waals surface area contributed by atoms with Crippen molar-refractivity contribution in [3.63, 3.8) is 0 Å². The van der Waals surface area contributed by atoms with Gasteiger partial charge in [0.2, 0.25) is 5.91 Å². The topological polar surface area (TPSA) is 109 Å². The minimum Gasteiger partial charge on any atom is -0.496 e. The molecule has 1 heterocycles. The van der Waals surface area contributed by atoms with Crippen LogP contribution in [0.2, 0.25) is 0 Å². The Morgan fingerprint density at radius 1 is 0.974 bits per heavy atom. The van der Waals surface area contributed by atoms with Gasteiger partial charge in [-0.1, -0.05) is 37.3 Å². The Morgan fingerprint density at radius 2 is 1.66 bits per heavy atom. The van der Waals surface area contributed by atoms with E-state index in [1.165, 1.54) is 31.0 Å². The summed E-state index contributed by atoms with van der Waals surface area (Å²) in [5, 5.41) is 10.8. The van der Waals surface area contributed by atoms with Crippen molar-refractivity contribution in [1.29, 1.82) is 0 Å². The summed E-state index contributed by atoms with van der Waals surface area (Å²) in [6.07, 6.45) is 0.574. The molecule has 196 valence electrons. The van der Waals surface area contributed by atoms with Gasteiger partial charge >= 0.3 is 0 Å². The summed E-state index contributed by atoms with van der Waals surface area (Å²) in [5.74, 6) is 0.283. The van der Waals surface area contributed by atoms with Crippen molar-refractivity contribution in [2.24, 2.45) is 5.10 Å². The lowest BCUT2D eigenvalue weighted by atomic mass is 10.1. The molecule has 3 aromatic carbocycles. The molecule has 0 fully saturated rings. The first-order chi connectivity index (χ1) is 18.4. The normalized spacial score (nSPS) is 13.5. The fourth-order valence-electron chi connectivity index (χ4n) is 3.90. The van der Waals surface area contributed by atoms with Crippen LogP contribution in [0.25, 0.3) is 0 Å². The Hall–Kier alpha value is -4.31. The number of para-hydroxylation sites is 1. The van der Waals surface area contributed by atoms with E-state index < -0.39 is 5.25 Å². The fourth-order valence-corrected chi connectivity index (χ4v) is 4.91. The molecule has 1 aliphatic rings. The van der Waals surface area contributed by atoms with E-state index in [2.05, 4.69) is 15.7 Å². The van der Waals surface area contributed by atoms with Gasteiger partial charge in [-0.2, -0.15) is 10.1 Å². The number of hydrazone groups is 1. The molecule has 1 atom stereocenters. The number of rotatable bonds is 9. The Morgan fingerprint density at radius 3 is 2.32 bits per heavy atom. The number of anilines is 2. The highest BCUT2D eigenvalue weighted by Crippen LogP contribution is 2.31. The first kappa shape index (κ1) is 26.7. The van der Waals surface area contributed by atoms with Crippen LogP contribution in [0.3, 0.4) is 0 Å². The van der Waals surface area contributed by atoms with Gasteiger partial charge in [0.05, 0.1) is 31.6 Å². The van der Waals surface area contributed by atoms with Crippen LogP contribution in [0.5, 0.6) is 11.5 Å². The average Bonchev–Trinajstić information content (AvgIpc) is 3.31. The van der Waals surface area contributed by atoms with Crippen LogP contribution >= 0.6 is 11.8 Å². The summed E-state index contributed by atoms with van der Waals surface area (Å²) in [6, 6.07) is 21.4. The SMILES string of the molecule is CCC(Sc1cccc(NC(=O)c2c(OC)cccc2OC)c1)C(=O)NC1=NN(c2ccccc2)C(=O)C1. The van der Waals surface area contributed by atoms with Gasteiger partial charge in [0, 0.05) is 10.6 Å². The van der Waals surface area contributed by atoms with Gasteiger partial charge in [0.15, 0.2) is 0 Å². The number of benzene rings is 3. The smallest absolute Gasteiger partial charge is 0.263 e. The van der Waals surface area contributed by atoms with Crippen molar-refractivity contribution in [2.45, 2.75) is 29.9 Å². The fraction of sp³-hybridized carbons (Fsp3) is 0.214. The standard InChI is InChI=1S/C28H28N4O5S/c1-4-23(27(34)30-24-17-25(33)32(31-24)19-11-6-5-7-12-19)38-20-13-8-10-18(16-20)29-28(35)26-21(36-2)14-9-15-22(26)37-3/h5-16,23H,4,17H2,1-3H3,(H,29,35)(H,30,31,34). The zero-order valence-corrected chi connectivity index (χ0v) is 22.1. The third kappa shape index (κ3) is 6.15. The quantitative estimate of drug-likeness (QED) is 0.387. The second-order valence-corrected chi connectivity index (χ2v) is 9.56. The maximum atomic E-state index is 13.0.